The van der Waals surface area contributed by atoms with Crippen molar-refractivity contribution in [2.45, 2.75) is 12.6 Å². The van der Waals surface area contributed by atoms with Crippen LogP contribution in [0.4, 0.5) is 0 Å². The Morgan fingerprint density at radius 2 is 2.43 bits per heavy atom. The second-order valence-electron chi connectivity index (χ2n) is 3.07. The minimum atomic E-state index is 0.0769. The molecule has 0 aliphatic carbocycles. The maximum atomic E-state index is 6.03. The first-order chi connectivity index (χ1) is 6.81. The lowest BCUT2D eigenvalue weighted by Crippen LogP contribution is -2.38. The Morgan fingerprint density at radius 3 is 3.00 bits per heavy atom. The first kappa shape index (κ1) is 9.71. The van der Waals surface area contributed by atoms with Gasteiger partial charge in [-0.1, -0.05) is 11.6 Å². The van der Waals surface area contributed by atoms with Crippen LogP contribution in [-0.4, -0.2) is 24.3 Å². The summed E-state index contributed by atoms with van der Waals surface area (Å²) in [5, 5.41) is 0.502. The van der Waals surface area contributed by atoms with Crippen LogP contribution in [0.15, 0.2) is 12.3 Å². The summed E-state index contributed by atoms with van der Waals surface area (Å²) in [6, 6.07) is 1.78. The molecule has 76 valence electrons. The van der Waals surface area contributed by atoms with Crippen molar-refractivity contribution < 1.29 is 9.47 Å². The molecule has 1 saturated heterocycles. The zero-order valence-electron chi connectivity index (χ0n) is 7.57. The van der Waals surface area contributed by atoms with Crippen molar-refractivity contribution in [2.75, 3.05) is 13.2 Å². The van der Waals surface area contributed by atoms with E-state index < -0.39 is 0 Å². The molecule has 0 unspecified atom stereocenters. The van der Waals surface area contributed by atoms with E-state index in [0.717, 1.165) is 5.56 Å². The zero-order chi connectivity index (χ0) is 9.97. The molecule has 0 saturated carbocycles. The van der Waals surface area contributed by atoms with Gasteiger partial charge in [-0.15, -0.1) is 0 Å². The molecule has 2 N–H and O–H groups in total. The second kappa shape index (κ2) is 4.13. The third-order valence-electron chi connectivity index (χ3n) is 2.04. The van der Waals surface area contributed by atoms with E-state index in [1.54, 1.807) is 12.3 Å². The molecule has 14 heavy (non-hydrogen) atoms. The van der Waals surface area contributed by atoms with Crippen molar-refractivity contribution in [2.24, 2.45) is 5.73 Å². The second-order valence-corrected chi connectivity index (χ2v) is 3.45. The van der Waals surface area contributed by atoms with E-state index in [1.807, 2.05) is 0 Å². The lowest BCUT2D eigenvalue weighted by molar-refractivity contribution is -0.0813. The Balaban J connectivity index is 2.15. The molecule has 5 heteroatoms. The summed E-state index contributed by atoms with van der Waals surface area (Å²) < 4.78 is 10.5. The van der Waals surface area contributed by atoms with Crippen molar-refractivity contribution in [1.29, 1.82) is 0 Å². The fourth-order valence-corrected chi connectivity index (χ4v) is 1.38. The predicted molar refractivity (Wildman–Crippen MR) is 52.4 cm³/mol. The third kappa shape index (κ3) is 1.82. The van der Waals surface area contributed by atoms with Crippen LogP contribution in [-0.2, 0) is 11.3 Å². The van der Waals surface area contributed by atoms with Crippen molar-refractivity contribution in [1.82, 2.24) is 4.98 Å². The van der Waals surface area contributed by atoms with E-state index in [4.69, 9.17) is 26.8 Å². The molecule has 2 rings (SSSR count). The summed E-state index contributed by atoms with van der Waals surface area (Å²) in [5.74, 6) is 0.447. The number of rotatable bonds is 3. The minimum Gasteiger partial charge on any atom is -0.468 e. The molecule has 0 spiro atoms. The molecule has 1 fully saturated rings. The third-order valence-corrected chi connectivity index (χ3v) is 2.45. The highest BCUT2D eigenvalue weighted by Crippen LogP contribution is 2.26. The van der Waals surface area contributed by atoms with Gasteiger partial charge in [-0.25, -0.2) is 4.98 Å². The number of pyridine rings is 1. The van der Waals surface area contributed by atoms with Gasteiger partial charge < -0.3 is 15.2 Å². The molecule has 1 aliphatic rings. The highest BCUT2D eigenvalue weighted by atomic mass is 35.5. The van der Waals surface area contributed by atoms with Crippen molar-refractivity contribution >= 4 is 11.6 Å². The van der Waals surface area contributed by atoms with Gasteiger partial charge in [0.15, 0.2) is 0 Å². The quantitative estimate of drug-likeness (QED) is 0.815. The van der Waals surface area contributed by atoms with Crippen LogP contribution >= 0.6 is 11.6 Å². The number of hydrogen-bond donors (Lipinski definition) is 1. The number of hydrogen-bond acceptors (Lipinski definition) is 4. The van der Waals surface area contributed by atoms with Crippen LogP contribution in [0, 0.1) is 0 Å². The van der Waals surface area contributed by atoms with Crippen LogP contribution in [0.1, 0.15) is 5.56 Å². The highest BCUT2D eigenvalue weighted by Gasteiger charge is 2.22. The van der Waals surface area contributed by atoms with Crippen LogP contribution in [0.3, 0.4) is 0 Å². The largest absolute Gasteiger partial charge is 0.468 e. The Bertz CT molecular complexity index is 329. The van der Waals surface area contributed by atoms with Crippen molar-refractivity contribution in [3.05, 3.63) is 22.8 Å². The lowest BCUT2D eigenvalue weighted by Gasteiger charge is -2.26. The van der Waals surface area contributed by atoms with E-state index in [-0.39, 0.29) is 6.10 Å². The van der Waals surface area contributed by atoms with E-state index in [1.165, 1.54) is 0 Å². The SMILES string of the molecule is NCc1ccnc(OC2COC2)c1Cl. The van der Waals surface area contributed by atoms with Gasteiger partial charge in [0.1, 0.15) is 11.1 Å². The summed E-state index contributed by atoms with van der Waals surface area (Å²) in [4.78, 5) is 4.04. The maximum Gasteiger partial charge on any atom is 0.233 e. The van der Waals surface area contributed by atoms with Gasteiger partial charge in [-0.2, -0.15) is 0 Å². The monoisotopic (exact) mass is 214 g/mol. The highest BCUT2D eigenvalue weighted by molar-refractivity contribution is 6.32. The van der Waals surface area contributed by atoms with Gasteiger partial charge in [-0.05, 0) is 11.6 Å². The van der Waals surface area contributed by atoms with E-state index in [2.05, 4.69) is 4.98 Å². The molecule has 1 aliphatic heterocycles. The molecule has 0 aromatic carbocycles. The molecule has 0 atom stereocenters. The molecule has 2 heterocycles. The fourth-order valence-electron chi connectivity index (χ4n) is 1.14. The maximum absolute atomic E-state index is 6.03. The molecule has 1 aromatic rings. The summed E-state index contributed by atoms with van der Waals surface area (Å²) in [5.41, 5.74) is 6.35. The number of nitrogens with zero attached hydrogens (tertiary/aromatic N) is 1. The number of aromatic nitrogens is 1. The lowest BCUT2D eigenvalue weighted by atomic mass is 10.2. The van der Waals surface area contributed by atoms with Gasteiger partial charge in [0.2, 0.25) is 5.88 Å². The molecule has 4 nitrogen and oxygen atoms in total. The Morgan fingerprint density at radius 1 is 1.64 bits per heavy atom. The zero-order valence-corrected chi connectivity index (χ0v) is 8.33. The molecule has 1 aromatic heterocycles. The van der Waals surface area contributed by atoms with E-state index >= 15 is 0 Å². The number of halogens is 1. The topological polar surface area (TPSA) is 57.4 Å². The van der Waals surface area contributed by atoms with Gasteiger partial charge in [0.25, 0.3) is 0 Å². The van der Waals surface area contributed by atoms with Crippen LogP contribution < -0.4 is 10.5 Å². The molecule has 0 bridgehead atoms. The molecule has 0 radical (unpaired) electrons. The average Bonchev–Trinajstić information content (AvgIpc) is 2.13. The fraction of sp³-hybridized carbons (Fsp3) is 0.444. The molecular weight excluding hydrogens is 204 g/mol. The van der Waals surface area contributed by atoms with Gasteiger partial charge >= 0.3 is 0 Å². The first-order valence-corrected chi connectivity index (χ1v) is 4.77. The van der Waals surface area contributed by atoms with Crippen LogP contribution in [0.2, 0.25) is 5.02 Å². The average molecular weight is 215 g/mol. The van der Waals surface area contributed by atoms with E-state index in [0.29, 0.717) is 30.7 Å². The molecular formula is C9H11ClN2O2. The number of nitrogens with two attached hydrogens (primary N) is 1. The summed E-state index contributed by atoms with van der Waals surface area (Å²) in [6.45, 7) is 1.59. The Labute approximate surface area is 87.0 Å². The van der Waals surface area contributed by atoms with Crippen LogP contribution in [0.25, 0.3) is 0 Å². The van der Waals surface area contributed by atoms with Crippen LogP contribution in [0.5, 0.6) is 5.88 Å². The summed E-state index contributed by atoms with van der Waals surface area (Å²) in [7, 11) is 0. The smallest absolute Gasteiger partial charge is 0.233 e. The normalized spacial score (nSPS) is 16.4. The number of ether oxygens (including phenoxy) is 2. The van der Waals surface area contributed by atoms with E-state index in [9.17, 15) is 0 Å². The van der Waals surface area contributed by atoms with Crippen molar-refractivity contribution in [3.8, 4) is 5.88 Å². The minimum absolute atomic E-state index is 0.0769. The Kier molecular flexibility index (Phi) is 2.86. The van der Waals surface area contributed by atoms with Gasteiger partial charge in [0, 0.05) is 12.7 Å². The predicted octanol–water partition coefficient (Wildman–Crippen LogP) is 0.971. The summed E-state index contributed by atoms with van der Waals surface area (Å²) in [6.07, 6.45) is 1.72. The van der Waals surface area contributed by atoms with Gasteiger partial charge in [-0.3, -0.25) is 0 Å². The standard InChI is InChI=1S/C9H11ClN2O2/c10-8-6(3-11)1-2-12-9(8)14-7-4-13-5-7/h1-2,7H,3-5,11H2. The Hall–Kier alpha value is -0.840. The molecule has 0 amide bonds. The summed E-state index contributed by atoms with van der Waals surface area (Å²) >= 11 is 6.03. The van der Waals surface area contributed by atoms with Crippen molar-refractivity contribution in [3.63, 3.8) is 0 Å². The first-order valence-electron chi connectivity index (χ1n) is 4.39. The van der Waals surface area contributed by atoms with Gasteiger partial charge in [0.05, 0.1) is 13.2 Å².